The monoisotopic (exact) mass is 232 g/mol. The Balaban J connectivity index is 2.18. The molecule has 92 valence electrons. The summed E-state index contributed by atoms with van der Waals surface area (Å²) in [6.45, 7) is 3.01. The van der Waals surface area contributed by atoms with E-state index in [-0.39, 0.29) is 6.04 Å². The largest absolute Gasteiger partial charge is 0.374 e. The number of aromatic nitrogens is 2. The van der Waals surface area contributed by atoms with E-state index in [0.717, 1.165) is 24.0 Å². The molecule has 4 heteroatoms. The van der Waals surface area contributed by atoms with Crippen molar-refractivity contribution in [1.82, 2.24) is 9.55 Å². The molecule has 0 saturated carbocycles. The van der Waals surface area contributed by atoms with Gasteiger partial charge >= 0.3 is 0 Å². The third-order valence-electron chi connectivity index (χ3n) is 3.07. The van der Waals surface area contributed by atoms with E-state index in [9.17, 15) is 0 Å². The Morgan fingerprint density at radius 2 is 2.24 bits per heavy atom. The Morgan fingerprint density at radius 1 is 1.47 bits per heavy atom. The van der Waals surface area contributed by atoms with E-state index in [2.05, 4.69) is 35.1 Å². The summed E-state index contributed by atoms with van der Waals surface area (Å²) < 4.78 is 2.03. The molecule has 4 nitrogen and oxygen atoms in total. The first kappa shape index (κ1) is 11.9. The van der Waals surface area contributed by atoms with E-state index in [4.69, 9.17) is 5.73 Å². The number of anilines is 1. The molecule has 0 fully saturated rings. The molecule has 2 aromatic rings. The van der Waals surface area contributed by atoms with Crippen LogP contribution in [0.1, 0.15) is 13.3 Å². The van der Waals surface area contributed by atoms with E-state index in [1.54, 1.807) is 0 Å². The molecule has 0 amide bonds. The first-order chi connectivity index (χ1) is 8.08. The van der Waals surface area contributed by atoms with Gasteiger partial charge in [-0.2, -0.15) is 0 Å². The maximum atomic E-state index is 5.77. The minimum absolute atomic E-state index is 0.246. The molecule has 2 rings (SSSR count). The second-order valence-electron chi connectivity index (χ2n) is 4.72. The fourth-order valence-corrected chi connectivity index (χ4v) is 1.89. The zero-order valence-corrected chi connectivity index (χ0v) is 10.7. The summed E-state index contributed by atoms with van der Waals surface area (Å²) in [5.74, 6) is 0. The van der Waals surface area contributed by atoms with Crippen molar-refractivity contribution < 1.29 is 0 Å². The van der Waals surface area contributed by atoms with Crippen LogP contribution in [0.15, 0.2) is 24.5 Å². The van der Waals surface area contributed by atoms with Crippen LogP contribution in [0.3, 0.4) is 0 Å². The molecular formula is C13H20N4. The van der Waals surface area contributed by atoms with Crippen molar-refractivity contribution in [1.29, 1.82) is 0 Å². The predicted molar refractivity (Wildman–Crippen MR) is 72.3 cm³/mol. The smallest absolute Gasteiger partial charge is 0.0955 e. The molecule has 1 unspecified atom stereocenters. The number of hydrogen-bond acceptors (Lipinski definition) is 3. The first-order valence-corrected chi connectivity index (χ1v) is 5.95. The van der Waals surface area contributed by atoms with Crippen LogP contribution in [0.2, 0.25) is 0 Å². The van der Waals surface area contributed by atoms with Crippen LogP contribution in [0.4, 0.5) is 5.69 Å². The molecule has 17 heavy (non-hydrogen) atoms. The van der Waals surface area contributed by atoms with Gasteiger partial charge in [-0.05, 0) is 31.5 Å². The second-order valence-corrected chi connectivity index (χ2v) is 4.72. The van der Waals surface area contributed by atoms with Crippen LogP contribution in [0, 0.1) is 0 Å². The van der Waals surface area contributed by atoms with Gasteiger partial charge in [0.2, 0.25) is 0 Å². The summed E-state index contributed by atoms with van der Waals surface area (Å²) in [5, 5.41) is 0. The van der Waals surface area contributed by atoms with Gasteiger partial charge < -0.3 is 15.2 Å². The molecule has 0 aliphatic heterocycles. The van der Waals surface area contributed by atoms with Crippen LogP contribution in [0.5, 0.6) is 0 Å². The topological polar surface area (TPSA) is 47.1 Å². The maximum absolute atomic E-state index is 5.77. The minimum atomic E-state index is 0.246. The molecule has 0 spiro atoms. The van der Waals surface area contributed by atoms with Crippen LogP contribution in [-0.4, -0.2) is 29.2 Å². The van der Waals surface area contributed by atoms with Crippen LogP contribution < -0.4 is 10.6 Å². The lowest BCUT2D eigenvalue weighted by molar-refractivity contribution is 0.659. The summed E-state index contributed by atoms with van der Waals surface area (Å²) in [6, 6.07) is 6.61. The first-order valence-electron chi connectivity index (χ1n) is 5.95. The van der Waals surface area contributed by atoms with Crippen molar-refractivity contribution in [2.24, 2.45) is 12.8 Å². The molecule has 1 atom stereocenters. The number of benzene rings is 1. The fraction of sp³-hybridized carbons (Fsp3) is 0.462. The van der Waals surface area contributed by atoms with Gasteiger partial charge in [0.25, 0.3) is 0 Å². The van der Waals surface area contributed by atoms with Crippen molar-refractivity contribution in [2.45, 2.75) is 19.4 Å². The molecule has 1 aromatic carbocycles. The lowest BCUT2D eigenvalue weighted by atomic mass is 10.2. The van der Waals surface area contributed by atoms with Gasteiger partial charge in [-0.25, -0.2) is 4.98 Å². The molecule has 0 bridgehead atoms. The normalized spacial score (nSPS) is 12.9. The fourth-order valence-electron chi connectivity index (χ4n) is 1.89. The van der Waals surface area contributed by atoms with Gasteiger partial charge in [0, 0.05) is 32.4 Å². The summed E-state index contributed by atoms with van der Waals surface area (Å²) in [6.07, 6.45) is 2.84. The lowest BCUT2D eigenvalue weighted by Gasteiger charge is -2.20. The van der Waals surface area contributed by atoms with E-state index in [0.29, 0.717) is 0 Å². The summed E-state index contributed by atoms with van der Waals surface area (Å²) >= 11 is 0. The van der Waals surface area contributed by atoms with Crippen molar-refractivity contribution in [3.8, 4) is 0 Å². The standard InChI is InChI=1S/C13H20N4/c1-10(14)6-7-16(2)11-4-5-13-12(8-11)15-9-17(13)3/h4-5,8-10H,6-7,14H2,1-3H3. The van der Waals surface area contributed by atoms with E-state index < -0.39 is 0 Å². The number of aryl methyl sites for hydroxylation is 1. The lowest BCUT2D eigenvalue weighted by Crippen LogP contribution is -2.25. The van der Waals surface area contributed by atoms with E-state index in [1.165, 1.54) is 5.69 Å². The maximum Gasteiger partial charge on any atom is 0.0955 e. The number of imidazole rings is 1. The zero-order chi connectivity index (χ0) is 12.4. The van der Waals surface area contributed by atoms with Crippen molar-refractivity contribution in [2.75, 3.05) is 18.5 Å². The van der Waals surface area contributed by atoms with Crippen molar-refractivity contribution in [3.63, 3.8) is 0 Å². The van der Waals surface area contributed by atoms with Gasteiger partial charge in [0.05, 0.1) is 17.4 Å². The highest BCUT2D eigenvalue weighted by molar-refractivity contribution is 5.79. The molecule has 0 saturated heterocycles. The van der Waals surface area contributed by atoms with Crippen LogP contribution in [0.25, 0.3) is 11.0 Å². The second kappa shape index (κ2) is 4.75. The molecule has 1 heterocycles. The Kier molecular flexibility index (Phi) is 3.33. The SMILES string of the molecule is CC(N)CCN(C)c1ccc2c(c1)ncn2C. The van der Waals surface area contributed by atoms with Crippen molar-refractivity contribution in [3.05, 3.63) is 24.5 Å². The van der Waals surface area contributed by atoms with Gasteiger partial charge in [-0.1, -0.05) is 0 Å². The van der Waals surface area contributed by atoms with Gasteiger partial charge in [-0.3, -0.25) is 0 Å². The quantitative estimate of drug-likeness (QED) is 0.873. The number of nitrogens with zero attached hydrogens (tertiary/aromatic N) is 3. The molecule has 0 radical (unpaired) electrons. The van der Waals surface area contributed by atoms with E-state index >= 15 is 0 Å². The number of hydrogen-bond donors (Lipinski definition) is 1. The predicted octanol–water partition coefficient (Wildman–Crippen LogP) is 1.75. The molecular weight excluding hydrogens is 212 g/mol. The summed E-state index contributed by atoms with van der Waals surface area (Å²) in [7, 11) is 4.10. The summed E-state index contributed by atoms with van der Waals surface area (Å²) in [5.41, 5.74) is 9.16. The van der Waals surface area contributed by atoms with Crippen LogP contribution in [-0.2, 0) is 7.05 Å². The molecule has 0 aliphatic carbocycles. The zero-order valence-electron chi connectivity index (χ0n) is 10.7. The molecule has 0 aliphatic rings. The van der Waals surface area contributed by atoms with Crippen LogP contribution >= 0.6 is 0 Å². The molecule has 2 N–H and O–H groups in total. The van der Waals surface area contributed by atoms with E-state index in [1.807, 2.05) is 24.9 Å². The highest BCUT2D eigenvalue weighted by Gasteiger charge is 2.05. The minimum Gasteiger partial charge on any atom is -0.374 e. The average Bonchev–Trinajstić information content (AvgIpc) is 2.67. The summed E-state index contributed by atoms with van der Waals surface area (Å²) in [4.78, 5) is 6.59. The number of fused-ring (bicyclic) bond motifs is 1. The van der Waals surface area contributed by atoms with Gasteiger partial charge in [-0.15, -0.1) is 0 Å². The number of nitrogens with two attached hydrogens (primary N) is 1. The van der Waals surface area contributed by atoms with Crippen molar-refractivity contribution >= 4 is 16.7 Å². The van der Waals surface area contributed by atoms with Gasteiger partial charge in [0.15, 0.2) is 0 Å². The average molecular weight is 232 g/mol. The van der Waals surface area contributed by atoms with Gasteiger partial charge in [0.1, 0.15) is 0 Å². The Bertz CT molecular complexity index is 501. The Morgan fingerprint density at radius 3 is 2.94 bits per heavy atom. The third kappa shape index (κ3) is 2.58. The number of rotatable bonds is 4. The molecule has 1 aromatic heterocycles. The Hall–Kier alpha value is -1.55. The highest BCUT2D eigenvalue weighted by Crippen LogP contribution is 2.20. The Labute approximate surface area is 102 Å². The highest BCUT2D eigenvalue weighted by atomic mass is 15.1. The third-order valence-corrected chi connectivity index (χ3v) is 3.07.